The van der Waals surface area contributed by atoms with Crippen molar-refractivity contribution in [2.24, 2.45) is 0 Å². The Labute approximate surface area is 174 Å². The van der Waals surface area contributed by atoms with Crippen LogP contribution < -0.4 is 5.32 Å². The molecule has 3 fully saturated rings. The minimum atomic E-state index is 0. The Hall–Kier alpha value is -1.15. The number of hydrogen-bond donors (Lipinski definition) is 1. The number of morpholine rings is 1. The second kappa shape index (κ2) is 9.57. The predicted molar refractivity (Wildman–Crippen MR) is 111 cm³/mol. The molecule has 3 saturated heterocycles. The number of likely N-dealkylation sites (tertiary alicyclic amines) is 1. The van der Waals surface area contributed by atoms with Crippen LogP contribution in [0, 0.1) is 0 Å². The van der Waals surface area contributed by atoms with Crippen molar-refractivity contribution in [3.8, 4) is 0 Å². The minimum absolute atomic E-state index is 0. The lowest BCUT2D eigenvalue weighted by Gasteiger charge is -2.38. The minimum Gasteiger partial charge on any atom is -0.373 e. The van der Waals surface area contributed by atoms with E-state index in [-0.39, 0.29) is 36.6 Å². The Bertz CT molecular complexity index is 638. The van der Waals surface area contributed by atoms with Crippen molar-refractivity contribution in [3.05, 3.63) is 18.0 Å². The van der Waals surface area contributed by atoms with Crippen molar-refractivity contribution < 1.29 is 9.53 Å². The Morgan fingerprint density at radius 1 is 1.25 bits per heavy atom. The van der Waals surface area contributed by atoms with Crippen LogP contribution in [0.5, 0.6) is 0 Å². The number of nitrogens with zero attached hydrogens (tertiary/aromatic N) is 4. The van der Waals surface area contributed by atoms with E-state index in [1.54, 1.807) is 0 Å². The molecule has 4 rings (SSSR count). The van der Waals surface area contributed by atoms with E-state index in [9.17, 15) is 4.79 Å². The molecular weight excluding hydrogens is 378 g/mol. The highest BCUT2D eigenvalue weighted by Crippen LogP contribution is 2.23. The van der Waals surface area contributed by atoms with Gasteiger partial charge in [-0.2, -0.15) is 5.10 Å². The Kier molecular flexibility index (Phi) is 7.36. The summed E-state index contributed by atoms with van der Waals surface area (Å²) in [6.45, 7) is 9.97. The highest BCUT2D eigenvalue weighted by Gasteiger charge is 2.33. The Morgan fingerprint density at radius 2 is 2.04 bits per heavy atom. The van der Waals surface area contributed by atoms with Gasteiger partial charge >= 0.3 is 0 Å². The van der Waals surface area contributed by atoms with Gasteiger partial charge in [0.1, 0.15) is 5.69 Å². The van der Waals surface area contributed by atoms with E-state index in [0.717, 1.165) is 58.5 Å². The van der Waals surface area contributed by atoms with Crippen LogP contribution >= 0.6 is 12.4 Å². The fraction of sp³-hybridized carbons (Fsp3) is 0.800. The number of nitrogens with one attached hydrogen (secondary N) is 1. The van der Waals surface area contributed by atoms with Gasteiger partial charge in [-0.15, -0.1) is 12.4 Å². The van der Waals surface area contributed by atoms with Crippen molar-refractivity contribution in [1.82, 2.24) is 24.9 Å². The summed E-state index contributed by atoms with van der Waals surface area (Å²) in [7, 11) is 0. The molecule has 0 radical (unpaired) electrons. The van der Waals surface area contributed by atoms with Gasteiger partial charge in [-0.3, -0.25) is 14.4 Å². The second-order valence-corrected chi connectivity index (χ2v) is 8.45. The Balaban J connectivity index is 0.00000225. The molecule has 28 heavy (non-hydrogen) atoms. The van der Waals surface area contributed by atoms with Crippen molar-refractivity contribution in [2.75, 3.05) is 39.3 Å². The summed E-state index contributed by atoms with van der Waals surface area (Å²) in [4.78, 5) is 17.6. The lowest BCUT2D eigenvalue weighted by molar-refractivity contribution is -0.0715. The van der Waals surface area contributed by atoms with Gasteiger partial charge in [0, 0.05) is 45.0 Å². The van der Waals surface area contributed by atoms with Crippen molar-refractivity contribution in [2.45, 2.75) is 63.8 Å². The van der Waals surface area contributed by atoms with E-state index in [2.05, 4.69) is 34.1 Å². The molecule has 3 aliphatic rings. The van der Waals surface area contributed by atoms with Gasteiger partial charge in [-0.05, 0) is 52.1 Å². The zero-order valence-corrected chi connectivity index (χ0v) is 17.9. The molecule has 0 aromatic carbocycles. The van der Waals surface area contributed by atoms with Crippen molar-refractivity contribution >= 4 is 18.3 Å². The van der Waals surface area contributed by atoms with Crippen LogP contribution in [0.1, 0.15) is 56.1 Å². The molecule has 0 saturated carbocycles. The molecule has 1 aromatic rings. The summed E-state index contributed by atoms with van der Waals surface area (Å²) in [5.74, 6) is 0.0920. The standard InChI is InChI=1S/C20H33N5O2.ClH/c1-15-12-23(13-16(2)27-15)14-18-6-4-9-24(18)20(26)19-7-10-25(22-19)17-5-3-8-21-11-17;/h7,10,15-18,21H,3-6,8-9,11-14H2,1-2H3;1H. The van der Waals surface area contributed by atoms with Crippen LogP contribution in [-0.2, 0) is 4.74 Å². The number of aromatic nitrogens is 2. The third-order valence-electron chi connectivity index (χ3n) is 6.07. The maximum atomic E-state index is 13.1. The van der Waals surface area contributed by atoms with E-state index >= 15 is 0 Å². The van der Waals surface area contributed by atoms with Crippen LogP contribution in [-0.4, -0.2) is 83.0 Å². The number of carbonyl (C=O) groups excluding carboxylic acids is 1. The molecule has 1 N–H and O–H groups in total. The molecule has 1 aromatic heterocycles. The van der Waals surface area contributed by atoms with Gasteiger partial charge in [0.15, 0.2) is 0 Å². The third kappa shape index (κ3) is 4.87. The number of hydrogen-bond acceptors (Lipinski definition) is 5. The van der Waals surface area contributed by atoms with Gasteiger partial charge in [0.2, 0.25) is 0 Å². The molecule has 158 valence electrons. The Morgan fingerprint density at radius 3 is 2.75 bits per heavy atom. The van der Waals surface area contributed by atoms with Crippen LogP contribution in [0.25, 0.3) is 0 Å². The highest BCUT2D eigenvalue weighted by molar-refractivity contribution is 5.92. The topological polar surface area (TPSA) is 62.6 Å². The fourth-order valence-electron chi connectivity index (χ4n) is 4.89. The lowest BCUT2D eigenvalue weighted by Crippen LogP contribution is -2.51. The average Bonchev–Trinajstić information content (AvgIpc) is 3.31. The molecule has 4 unspecified atom stereocenters. The first-order chi connectivity index (χ1) is 13.1. The third-order valence-corrected chi connectivity index (χ3v) is 6.07. The summed E-state index contributed by atoms with van der Waals surface area (Å²) in [6, 6.07) is 2.55. The summed E-state index contributed by atoms with van der Waals surface area (Å²) >= 11 is 0. The fourth-order valence-corrected chi connectivity index (χ4v) is 4.89. The average molecular weight is 412 g/mol. The molecular formula is C20H34ClN5O2. The molecule has 0 bridgehead atoms. The highest BCUT2D eigenvalue weighted by atomic mass is 35.5. The molecule has 8 heteroatoms. The molecule has 3 aliphatic heterocycles. The predicted octanol–water partition coefficient (Wildman–Crippen LogP) is 1.94. The van der Waals surface area contributed by atoms with Crippen LogP contribution in [0.2, 0.25) is 0 Å². The largest absolute Gasteiger partial charge is 0.373 e. The van der Waals surface area contributed by atoms with Gasteiger partial charge < -0.3 is 15.0 Å². The normalized spacial score (nSPS) is 31.6. The zero-order chi connectivity index (χ0) is 18.8. The summed E-state index contributed by atoms with van der Waals surface area (Å²) in [5.41, 5.74) is 0.594. The number of halogens is 1. The quantitative estimate of drug-likeness (QED) is 0.820. The maximum Gasteiger partial charge on any atom is 0.274 e. The molecule has 0 aliphatic carbocycles. The summed E-state index contributed by atoms with van der Waals surface area (Å²) in [6.07, 6.45) is 6.96. The van der Waals surface area contributed by atoms with E-state index in [1.807, 2.05) is 16.9 Å². The number of ether oxygens (including phenoxy) is 1. The molecule has 4 heterocycles. The number of amides is 1. The smallest absolute Gasteiger partial charge is 0.274 e. The monoisotopic (exact) mass is 411 g/mol. The summed E-state index contributed by atoms with van der Waals surface area (Å²) < 4.78 is 7.83. The SMILES string of the molecule is CC1CN(CC2CCCN2C(=O)c2ccn(C3CCCNC3)n2)CC(C)O1.Cl. The van der Waals surface area contributed by atoms with Gasteiger partial charge in [-0.1, -0.05) is 0 Å². The first-order valence-electron chi connectivity index (χ1n) is 10.5. The molecule has 1 amide bonds. The van der Waals surface area contributed by atoms with Crippen LogP contribution in [0.15, 0.2) is 12.3 Å². The van der Waals surface area contributed by atoms with Gasteiger partial charge in [-0.25, -0.2) is 0 Å². The van der Waals surface area contributed by atoms with Crippen molar-refractivity contribution in [3.63, 3.8) is 0 Å². The van der Waals surface area contributed by atoms with E-state index in [0.29, 0.717) is 11.7 Å². The molecule has 0 spiro atoms. The van der Waals surface area contributed by atoms with E-state index in [1.165, 1.54) is 6.42 Å². The number of rotatable bonds is 4. The first kappa shape index (κ1) is 21.6. The van der Waals surface area contributed by atoms with Crippen LogP contribution in [0.4, 0.5) is 0 Å². The summed E-state index contributed by atoms with van der Waals surface area (Å²) in [5, 5.41) is 8.05. The maximum absolute atomic E-state index is 13.1. The van der Waals surface area contributed by atoms with Gasteiger partial charge in [0.25, 0.3) is 5.91 Å². The first-order valence-corrected chi connectivity index (χ1v) is 10.5. The zero-order valence-electron chi connectivity index (χ0n) is 17.0. The lowest BCUT2D eigenvalue weighted by atomic mass is 10.1. The van der Waals surface area contributed by atoms with E-state index in [4.69, 9.17) is 4.74 Å². The molecule has 7 nitrogen and oxygen atoms in total. The van der Waals surface area contributed by atoms with Gasteiger partial charge in [0.05, 0.1) is 18.2 Å². The van der Waals surface area contributed by atoms with E-state index < -0.39 is 0 Å². The number of piperidine rings is 1. The number of carbonyl (C=O) groups is 1. The second-order valence-electron chi connectivity index (χ2n) is 8.45. The molecule has 4 atom stereocenters. The van der Waals surface area contributed by atoms with Crippen LogP contribution in [0.3, 0.4) is 0 Å². The van der Waals surface area contributed by atoms with Crippen molar-refractivity contribution in [1.29, 1.82) is 0 Å².